The van der Waals surface area contributed by atoms with E-state index in [1.54, 1.807) is 0 Å². The molecule has 4 aromatic carbocycles. The van der Waals surface area contributed by atoms with Gasteiger partial charge in [-0.25, -0.2) is 0 Å². The Morgan fingerprint density at radius 2 is 0.381 bits per heavy atom. The highest BCUT2D eigenvalue weighted by Crippen LogP contribution is 2.44. The summed E-state index contributed by atoms with van der Waals surface area (Å²) in [5.41, 5.74) is 0. The molecule has 14 bridgehead atoms. The summed E-state index contributed by atoms with van der Waals surface area (Å²) in [6.07, 6.45) is -70.2. The van der Waals surface area contributed by atoms with Gasteiger partial charge in [0.25, 0.3) is 0 Å². The van der Waals surface area contributed by atoms with Crippen LogP contribution in [0, 0.1) is 0 Å². The molecule has 35 nitrogen and oxygen atoms in total. The molecule has 21 fully saturated rings. The predicted molar refractivity (Wildman–Crippen MR) is 356 cm³/mol. The van der Waals surface area contributed by atoms with Crippen molar-refractivity contribution in [1.82, 2.24) is 4.90 Å². The molecule has 20 N–H and O–H groups in total. The Kier molecular flexibility index (Phi) is 27.9. The molecule has 105 heavy (non-hydrogen) atoms. The smallest absolute Gasteiger partial charge is 0.187 e. The van der Waals surface area contributed by atoms with E-state index in [0.29, 0.717) is 0 Å². The summed E-state index contributed by atoms with van der Waals surface area (Å²) < 4.78 is 84.3. The van der Waals surface area contributed by atoms with Gasteiger partial charge in [0, 0.05) is 19.1 Å². The summed E-state index contributed by atoms with van der Waals surface area (Å²) in [5, 5.41) is 234. The van der Waals surface area contributed by atoms with Gasteiger partial charge in [0.2, 0.25) is 0 Å². The van der Waals surface area contributed by atoms with Crippen molar-refractivity contribution in [3.8, 4) is 0 Å². The van der Waals surface area contributed by atoms with E-state index in [2.05, 4.69) is 4.90 Å². The molecule has 0 radical (unpaired) electrons. The van der Waals surface area contributed by atoms with E-state index >= 15 is 0 Å². The SMILES string of the molecule is OC[C@H]1O[C@@H]2O[C@H]3[C@H](O)[C@@H](O)[C@@H](O[C@H]4[C@H](O)[C@@H](O)[C@@H](O[C@H]5[C@H](O)[C@@H](O)[C@@H](O[C@H]6[C@H](O)[C@@H](O)[C@@H](O[C@H]7[C@H](O)[C@@H](O)[C@@H](O[C@H]8[C@H](O)[C@H](O)[C@@H](O[C@H]1[C@H](O)[C@@H]2O)O[C@@H]8CO)O[C@@H]7CN(CP(c1ccccc1)c1ccccc1)CP(c1ccccc1)c1ccccc1)O[C@@H]6CO)O[C@@H]5CO)O[C@@H]4CO)O[C@@H]3CO. The van der Waals surface area contributed by atoms with Crippen LogP contribution in [0.1, 0.15) is 0 Å². The second-order valence-electron chi connectivity index (χ2n) is 26.8. The van der Waals surface area contributed by atoms with Crippen molar-refractivity contribution < 1.29 is 168 Å². The zero-order valence-electron chi connectivity index (χ0n) is 56.1. The van der Waals surface area contributed by atoms with Crippen LogP contribution in [0.15, 0.2) is 121 Å². The Hall–Kier alpha value is -3.66. The van der Waals surface area contributed by atoms with Gasteiger partial charge in [0.1, 0.15) is 171 Å². The van der Waals surface area contributed by atoms with Gasteiger partial charge in [-0.15, -0.1) is 0 Å². The predicted octanol–water partition coefficient (Wildman–Crippen LogP) is -9.74. The summed E-state index contributed by atoms with van der Waals surface area (Å²) in [5.74, 6) is 0. The molecule has 584 valence electrons. The summed E-state index contributed by atoms with van der Waals surface area (Å²) >= 11 is 0. The average molecular weight is 1530 g/mol. The van der Waals surface area contributed by atoms with Crippen LogP contribution < -0.4 is 21.2 Å². The van der Waals surface area contributed by atoms with Crippen LogP contribution in [0.5, 0.6) is 0 Å². The maximum atomic E-state index is 12.7. The first kappa shape index (κ1) is 80.8. The van der Waals surface area contributed by atoms with Crippen molar-refractivity contribution in [2.24, 2.45) is 0 Å². The lowest BCUT2D eigenvalue weighted by atomic mass is 9.95. The number of benzene rings is 4. The molecule has 0 unspecified atom stereocenters. The number of hydrogen-bond acceptors (Lipinski definition) is 35. The maximum absolute atomic E-state index is 12.7. The maximum Gasteiger partial charge on any atom is 0.187 e. The van der Waals surface area contributed by atoms with Crippen LogP contribution in [0.2, 0.25) is 0 Å². The molecule has 0 saturated carbocycles. The number of rotatable bonds is 16. The Bertz CT molecular complexity index is 3100. The van der Waals surface area contributed by atoms with Crippen molar-refractivity contribution >= 4 is 37.1 Å². The molecule has 0 aromatic heterocycles. The van der Waals surface area contributed by atoms with Crippen molar-refractivity contribution in [1.29, 1.82) is 0 Å². The standard InChI is InChI=1S/C68H93NO34P2/c70-22-35-56-43(78)50(85)64(92-35)100-58-37(24-72)94-66(52(87)45(58)80)102-60-39(26-74)96-68(54(89)47(60)82)103-61-40(27-75)95-67(53(88)46(61)81)101-59-38(25-73)93-65(51(86)44(59)79)99-57-36(23-71)91-63(49(84)42(57)77)97-55-34(90-62(98-56)48(83)41(55)76)21-69(28-104(30-13-5-1-6-14-30)31-15-7-2-8-16-31)29-105(32-17-9-3-10-18-32)33-19-11-4-12-20-33/h1-20,34-68,70-89H,21-29H2/t34-,35-,36-,37-,38-,39-,40-,41-,42-,43-,44-,45-,46-,47-,48-,49-,50+,51-,52+,53-,54-,55-,56-,57-,58-,59-,60-,61-,62-,63-,64-,65-,66-,67-,68-/m1/s1. The third-order valence-corrected chi connectivity index (χ3v) is 25.0. The van der Waals surface area contributed by atoms with Gasteiger partial charge in [0.05, 0.1) is 39.6 Å². The van der Waals surface area contributed by atoms with Crippen LogP contribution in [0.25, 0.3) is 0 Å². The van der Waals surface area contributed by atoms with Gasteiger partial charge in [-0.2, -0.15) is 0 Å². The van der Waals surface area contributed by atoms with E-state index in [-0.39, 0.29) is 19.1 Å². The Morgan fingerprint density at radius 1 is 0.219 bits per heavy atom. The summed E-state index contributed by atoms with van der Waals surface area (Å²) in [6.45, 7) is -6.55. The van der Waals surface area contributed by atoms with E-state index in [0.717, 1.165) is 21.2 Å². The van der Waals surface area contributed by atoms with Gasteiger partial charge in [-0.1, -0.05) is 121 Å². The fourth-order valence-corrected chi connectivity index (χ4v) is 19.1. The highest BCUT2D eigenvalue weighted by molar-refractivity contribution is 7.73. The molecule has 0 spiro atoms. The summed E-state index contributed by atoms with van der Waals surface area (Å²) in [6, 6.07) is 38.7. The van der Waals surface area contributed by atoms with Crippen LogP contribution in [-0.2, 0) is 66.3 Å². The van der Waals surface area contributed by atoms with Crippen LogP contribution in [0.4, 0.5) is 0 Å². The van der Waals surface area contributed by atoms with Crippen molar-refractivity contribution in [3.63, 3.8) is 0 Å². The third-order valence-electron chi connectivity index (χ3n) is 20.0. The van der Waals surface area contributed by atoms with Crippen molar-refractivity contribution in [2.45, 2.75) is 215 Å². The largest absolute Gasteiger partial charge is 0.394 e. The molecule has 21 heterocycles. The zero-order valence-corrected chi connectivity index (χ0v) is 57.9. The highest BCUT2D eigenvalue weighted by Gasteiger charge is 2.60. The Balaban J connectivity index is 0.898. The lowest BCUT2D eigenvalue weighted by molar-refractivity contribution is -0.396. The van der Waals surface area contributed by atoms with E-state index in [9.17, 15) is 102 Å². The van der Waals surface area contributed by atoms with Gasteiger partial charge in [-0.3, -0.25) is 4.90 Å². The van der Waals surface area contributed by atoms with E-state index in [4.69, 9.17) is 66.3 Å². The lowest BCUT2D eigenvalue weighted by Gasteiger charge is -2.50. The quantitative estimate of drug-likeness (QED) is 0.0463. The number of ether oxygens (including phenoxy) is 14. The zero-order chi connectivity index (χ0) is 74.7. The molecule has 25 rings (SSSR count). The fourth-order valence-electron chi connectivity index (χ4n) is 14.3. The molecular weight excluding hydrogens is 1440 g/mol. The van der Waals surface area contributed by atoms with E-state index < -0.39 is 270 Å². The normalized spacial score (nSPS) is 43.8. The molecule has 37 heteroatoms. The molecular formula is C68H93NO34P2. The van der Waals surface area contributed by atoms with Gasteiger partial charge in [-0.05, 0) is 37.1 Å². The topological polar surface area (TPSA) is 537 Å². The van der Waals surface area contributed by atoms with Crippen molar-refractivity contribution in [2.75, 3.05) is 58.8 Å². The van der Waals surface area contributed by atoms with Crippen LogP contribution in [-0.4, -0.2) is 381 Å². The second kappa shape index (κ2) is 36.2. The highest BCUT2D eigenvalue weighted by atomic mass is 31.1. The van der Waals surface area contributed by atoms with Gasteiger partial charge >= 0.3 is 0 Å². The molecule has 21 aliphatic rings. The van der Waals surface area contributed by atoms with Crippen LogP contribution >= 0.6 is 15.8 Å². The number of nitrogens with zero attached hydrogens (tertiary/aromatic N) is 1. The Morgan fingerprint density at radius 3 is 0.552 bits per heavy atom. The lowest BCUT2D eigenvalue weighted by Crippen LogP contribution is -2.68. The Labute approximate surface area is 603 Å². The molecule has 4 aromatic rings. The number of aliphatic hydroxyl groups excluding tert-OH is 20. The first-order valence-electron chi connectivity index (χ1n) is 34.4. The first-order valence-corrected chi connectivity index (χ1v) is 37.5. The molecule has 0 amide bonds. The minimum absolute atomic E-state index is 0.244. The third kappa shape index (κ3) is 17.4. The summed E-state index contributed by atoms with van der Waals surface area (Å²) in [4.78, 5) is 2.07. The number of aliphatic hydroxyl groups is 20. The summed E-state index contributed by atoms with van der Waals surface area (Å²) in [7, 11) is -2.64. The monoisotopic (exact) mass is 1530 g/mol. The molecule has 21 aliphatic heterocycles. The molecule has 0 aliphatic carbocycles. The average Bonchev–Trinajstić information content (AvgIpc) is 0.790. The number of hydrogen-bond donors (Lipinski definition) is 20. The minimum atomic E-state index is -2.24. The molecule has 21 saturated heterocycles. The van der Waals surface area contributed by atoms with Crippen LogP contribution in [0.3, 0.4) is 0 Å². The minimum Gasteiger partial charge on any atom is -0.394 e. The van der Waals surface area contributed by atoms with Crippen molar-refractivity contribution in [3.05, 3.63) is 121 Å². The first-order chi connectivity index (χ1) is 50.6. The second-order valence-corrected chi connectivity index (χ2v) is 31.1. The van der Waals surface area contributed by atoms with E-state index in [1.165, 1.54) is 0 Å². The molecule has 35 atom stereocenters. The van der Waals surface area contributed by atoms with E-state index in [1.807, 2.05) is 121 Å². The van der Waals surface area contributed by atoms with Gasteiger partial charge < -0.3 is 168 Å². The fraction of sp³-hybridized carbons (Fsp3) is 0.647. The van der Waals surface area contributed by atoms with Gasteiger partial charge in [0.15, 0.2) is 44.0 Å².